The van der Waals surface area contributed by atoms with Crippen molar-refractivity contribution in [3.8, 4) is 11.6 Å². The molecule has 0 fully saturated rings. The van der Waals surface area contributed by atoms with E-state index >= 15 is 0 Å². The van der Waals surface area contributed by atoms with Gasteiger partial charge in [0.2, 0.25) is 5.88 Å². The third-order valence-corrected chi connectivity index (χ3v) is 3.56. The smallest absolute Gasteiger partial charge is 0.295 e. The molecule has 0 aliphatic carbocycles. The Morgan fingerprint density at radius 1 is 1.35 bits per heavy atom. The summed E-state index contributed by atoms with van der Waals surface area (Å²) in [7, 11) is 1.51. The standard InChI is InChI=1S/C16H14N6O4/c1-26-15-5-2-11(7-18-15)8-19-16(23)12-3-4-13(14(6-12)22(24)25)21-10-17-9-20-21/h2-7,9-10H,8H2,1H3,(H,19,23). The zero-order chi connectivity index (χ0) is 18.5. The maximum absolute atomic E-state index is 12.3. The number of rotatable bonds is 6. The van der Waals surface area contributed by atoms with Crippen molar-refractivity contribution >= 4 is 11.6 Å². The van der Waals surface area contributed by atoms with Crippen molar-refractivity contribution in [2.24, 2.45) is 0 Å². The largest absolute Gasteiger partial charge is 0.481 e. The summed E-state index contributed by atoms with van der Waals surface area (Å²) in [4.78, 5) is 30.9. The zero-order valence-corrected chi connectivity index (χ0v) is 13.7. The first-order valence-electron chi connectivity index (χ1n) is 7.49. The van der Waals surface area contributed by atoms with E-state index < -0.39 is 10.8 Å². The molecule has 132 valence electrons. The van der Waals surface area contributed by atoms with Gasteiger partial charge in [-0.25, -0.2) is 14.6 Å². The second-order valence-corrected chi connectivity index (χ2v) is 5.19. The number of carbonyl (C=O) groups excluding carboxylic acids is 1. The van der Waals surface area contributed by atoms with Gasteiger partial charge in [0.15, 0.2) is 0 Å². The van der Waals surface area contributed by atoms with Crippen LogP contribution in [0.4, 0.5) is 5.69 Å². The fraction of sp³-hybridized carbons (Fsp3) is 0.125. The number of benzene rings is 1. The van der Waals surface area contributed by atoms with Gasteiger partial charge in [0.25, 0.3) is 11.6 Å². The van der Waals surface area contributed by atoms with Crippen molar-refractivity contribution in [3.63, 3.8) is 0 Å². The van der Waals surface area contributed by atoms with Gasteiger partial charge in [-0.2, -0.15) is 5.10 Å². The molecule has 2 aromatic heterocycles. The number of ether oxygens (including phenoxy) is 1. The molecule has 0 spiro atoms. The Balaban J connectivity index is 1.76. The Kier molecular flexibility index (Phi) is 4.83. The molecule has 3 aromatic rings. The Morgan fingerprint density at radius 3 is 2.81 bits per heavy atom. The lowest BCUT2D eigenvalue weighted by Crippen LogP contribution is -2.23. The quantitative estimate of drug-likeness (QED) is 0.525. The van der Waals surface area contributed by atoms with Crippen LogP contribution in [0.1, 0.15) is 15.9 Å². The number of carbonyl (C=O) groups is 1. The van der Waals surface area contributed by atoms with Crippen LogP contribution in [0.25, 0.3) is 5.69 Å². The normalized spacial score (nSPS) is 10.3. The average molecular weight is 354 g/mol. The molecule has 0 saturated heterocycles. The van der Waals surface area contributed by atoms with Crippen molar-refractivity contribution in [1.29, 1.82) is 0 Å². The summed E-state index contributed by atoms with van der Waals surface area (Å²) in [5.74, 6) is 0.0356. The van der Waals surface area contributed by atoms with Crippen molar-refractivity contribution < 1.29 is 14.5 Å². The monoisotopic (exact) mass is 354 g/mol. The molecular weight excluding hydrogens is 340 g/mol. The highest BCUT2D eigenvalue weighted by Crippen LogP contribution is 2.23. The molecule has 1 aromatic carbocycles. The molecular formula is C16H14N6O4. The number of nitro groups is 1. The Bertz CT molecular complexity index is 924. The molecule has 0 aliphatic heterocycles. The Hall–Kier alpha value is -3.82. The lowest BCUT2D eigenvalue weighted by molar-refractivity contribution is -0.384. The summed E-state index contributed by atoms with van der Waals surface area (Å²) in [6, 6.07) is 7.60. The average Bonchev–Trinajstić information content (AvgIpc) is 3.20. The fourth-order valence-electron chi connectivity index (χ4n) is 2.26. The maximum atomic E-state index is 12.3. The van der Waals surface area contributed by atoms with Gasteiger partial charge < -0.3 is 10.1 Å². The van der Waals surface area contributed by atoms with Crippen LogP contribution in [0, 0.1) is 10.1 Å². The number of nitrogens with zero attached hydrogens (tertiary/aromatic N) is 5. The third-order valence-electron chi connectivity index (χ3n) is 3.56. The number of hydrogen-bond acceptors (Lipinski definition) is 7. The summed E-state index contributed by atoms with van der Waals surface area (Å²) in [6.07, 6.45) is 4.20. The van der Waals surface area contributed by atoms with Crippen molar-refractivity contribution in [3.05, 3.63) is 70.4 Å². The van der Waals surface area contributed by atoms with E-state index in [2.05, 4.69) is 20.4 Å². The van der Waals surface area contributed by atoms with Gasteiger partial charge in [0.05, 0.1) is 12.0 Å². The molecule has 0 radical (unpaired) electrons. The van der Waals surface area contributed by atoms with Crippen LogP contribution in [-0.2, 0) is 6.54 Å². The number of pyridine rings is 1. The summed E-state index contributed by atoms with van der Waals surface area (Å²) >= 11 is 0. The minimum Gasteiger partial charge on any atom is -0.481 e. The summed E-state index contributed by atoms with van der Waals surface area (Å²) in [5, 5.41) is 17.9. The predicted octanol–water partition coefficient (Wildman–Crippen LogP) is 1.51. The SMILES string of the molecule is COc1ccc(CNC(=O)c2ccc(-n3cncn3)c([N+](=O)[O-])c2)cn1. The molecule has 0 atom stereocenters. The van der Waals surface area contributed by atoms with Crippen LogP contribution in [0.15, 0.2) is 49.2 Å². The van der Waals surface area contributed by atoms with E-state index in [9.17, 15) is 14.9 Å². The van der Waals surface area contributed by atoms with Gasteiger partial charge in [-0.05, 0) is 17.7 Å². The molecule has 0 aliphatic rings. The molecule has 3 rings (SSSR count). The number of nitro benzene ring substituents is 1. The first kappa shape index (κ1) is 17.0. The van der Waals surface area contributed by atoms with Crippen LogP contribution in [-0.4, -0.2) is 37.7 Å². The fourth-order valence-corrected chi connectivity index (χ4v) is 2.26. The summed E-state index contributed by atoms with van der Waals surface area (Å²) in [6.45, 7) is 0.231. The van der Waals surface area contributed by atoms with Crippen molar-refractivity contribution in [2.45, 2.75) is 6.54 Å². The molecule has 26 heavy (non-hydrogen) atoms. The second kappa shape index (κ2) is 7.38. The van der Waals surface area contributed by atoms with E-state index in [1.807, 2.05) is 0 Å². The van der Waals surface area contributed by atoms with E-state index in [4.69, 9.17) is 4.74 Å². The van der Waals surface area contributed by atoms with Gasteiger partial charge >= 0.3 is 0 Å². The van der Waals surface area contributed by atoms with Gasteiger partial charge in [0, 0.05) is 30.4 Å². The first-order chi connectivity index (χ1) is 12.6. The lowest BCUT2D eigenvalue weighted by atomic mass is 10.1. The Morgan fingerprint density at radius 2 is 2.19 bits per heavy atom. The molecule has 2 heterocycles. The predicted molar refractivity (Wildman–Crippen MR) is 90.0 cm³/mol. The summed E-state index contributed by atoms with van der Waals surface area (Å²) < 4.78 is 6.23. The Labute approximate surface area is 147 Å². The number of nitrogens with one attached hydrogen (secondary N) is 1. The van der Waals surface area contributed by atoms with Crippen LogP contribution in [0.2, 0.25) is 0 Å². The van der Waals surface area contributed by atoms with E-state index in [1.54, 1.807) is 18.3 Å². The molecule has 0 bridgehead atoms. The van der Waals surface area contributed by atoms with E-state index in [0.717, 1.165) is 5.56 Å². The third kappa shape index (κ3) is 3.64. The molecule has 10 heteroatoms. The van der Waals surface area contributed by atoms with Crippen LogP contribution < -0.4 is 10.1 Å². The van der Waals surface area contributed by atoms with Gasteiger partial charge in [-0.1, -0.05) is 6.07 Å². The topological polar surface area (TPSA) is 125 Å². The first-order valence-corrected chi connectivity index (χ1v) is 7.49. The number of amides is 1. The molecule has 1 N–H and O–H groups in total. The van der Waals surface area contributed by atoms with Crippen molar-refractivity contribution in [2.75, 3.05) is 7.11 Å². The van der Waals surface area contributed by atoms with Gasteiger partial charge in [-0.3, -0.25) is 14.9 Å². The highest BCUT2D eigenvalue weighted by Gasteiger charge is 2.19. The highest BCUT2D eigenvalue weighted by molar-refractivity contribution is 5.95. The summed E-state index contributed by atoms with van der Waals surface area (Å²) in [5.41, 5.74) is 0.924. The second-order valence-electron chi connectivity index (χ2n) is 5.19. The van der Waals surface area contributed by atoms with E-state index in [0.29, 0.717) is 5.88 Å². The molecule has 0 unspecified atom stereocenters. The maximum Gasteiger partial charge on any atom is 0.295 e. The van der Waals surface area contributed by atoms with Gasteiger partial charge in [-0.15, -0.1) is 0 Å². The van der Waals surface area contributed by atoms with Crippen molar-refractivity contribution in [1.82, 2.24) is 25.1 Å². The number of aromatic nitrogens is 4. The van der Waals surface area contributed by atoms with Gasteiger partial charge in [0.1, 0.15) is 18.3 Å². The lowest BCUT2D eigenvalue weighted by Gasteiger charge is -2.08. The van der Waals surface area contributed by atoms with Crippen LogP contribution in [0.3, 0.4) is 0 Å². The van der Waals surface area contributed by atoms with E-state index in [1.165, 1.54) is 42.6 Å². The minimum absolute atomic E-state index is 0.169. The number of methoxy groups -OCH3 is 1. The molecule has 0 saturated carbocycles. The number of hydrogen-bond donors (Lipinski definition) is 1. The molecule has 10 nitrogen and oxygen atoms in total. The molecule has 1 amide bonds. The van der Waals surface area contributed by atoms with Crippen LogP contribution in [0.5, 0.6) is 5.88 Å². The van der Waals surface area contributed by atoms with E-state index in [-0.39, 0.29) is 23.5 Å². The highest BCUT2D eigenvalue weighted by atomic mass is 16.6. The van der Waals surface area contributed by atoms with Crippen LogP contribution >= 0.6 is 0 Å². The zero-order valence-electron chi connectivity index (χ0n) is 13.7. The minimum atomic E-state index is -0.568.